The molecule has 0 saturated heterocycles. The van der Waals surface area contributed by atoms with E-state index in [1.807, 2.05) is 0 Å². The minimum atomic E-state index is -0.614. The van der Waals surface area contributed by atoms with Crippen molar-refractivity contribution in [2.45, 2.75) is 13.5 Å². The summed E-state index contributed by atoms with van der Waals surface area (Å²) in [6.45, 7) is 1.71. The number of hydrogen-bond donors (Lipinski definition) is 1. The van der Waals surface area contributed by atoms with Gasteiger partial charge in [-0.05, 0) is 6.92 Å². The molecular weight excluding hydrogens is 162 g/mol. The Kier molecular flexibility index (Phi) is 2.82. The molecule has 1 N–H and O–H groups in total. The molecule has 0 spiro atoms. The molecule has 1 heterocycles. The molecule has 0 unspecified atom stereocenters. The van der Waals surface area contributed by atoms with Crippen molar-refractivity contribution < 1.29 is 19.1 Å². The Bertz CT molecular complexity index is 268. The van der Waals surface area contributed by atoms with Gasteiger partial charge in [-0.3, -0.25) is 0 Å². The van der Waals surface area contributed by atoms with Crippen LogP contribution >= 0.6 is 0 Å². The predicted octanol–water partition coefficient (Wildman–Crippen LogP) is 0.344. The fourth-order valence-corrected chi connectivity index (χ4v) is 0.666. The maximum Gasteiger partial charge on any atom is 0.394 e. The lowest BCUT2D eigenvalue weighted by Gasteiger charge is -1.94. The van der Waals surface area contributed by atoms with E-state index in [9.17, 15) is 4.79 Å². The van der Waals surface area contributed by atoms with Gasteiger partial charge in [0, 0.05) is 0 Å². The fourth-order valence-electron chi connectivity index (χ4n) is 0.666. The number of aliphatic hydroxyl groups is 1. The van der Waals surface area contributed by atoms with Crippen molar-refractivity contribution in [3.63, 3.8) is 0 Å². The largest absolute Gasteiger partial charge is 0.459 e. The minimum absolute atomic E-state index is 0.124. The van der Waals surface area contributed by atoms with E-state index in [4.69, 9.17) is 9.52 Å². The summed E-state index contributed by atoms with van der Waals surface area (Å²) in [5.74, 6) is -0.738. The van der Waals surface area contributed by atoms with Crippen LogP contribution < -0.4 is 0 Å². The Morgan fingerprint density at radius 1 is 1.83 bits per heavy atom. The number of aromatic nitrogens is 1. The van der Waals surface area contributed by atoms with Gasteiger partial charge in [-0.15, -0.1) is 0 Å². The second kappa shape index (κ2) is 3.87. The van der Waals surface area contributed by atoms with E-state index in [1.165, 1.54) is 6.26 Å². The standard InChI is InChI=1S/C7H9NO4/c1-2-11-7(10)6-8-5(3-9)4-12-6/h4,9H,2-3H2,1H3. The summed E-state index contributed by atoms with van der Waals surface area (Å²) < 4.78 is 9.33. The molecule has 0 saturated carbocycles. The number of aliphatic hydroxyl groups excluding tert-OH is 1. The van der Waals surface area contributed by atoms with Crippen molar-refractivity contribution >= 4 is 5.97 Å². The molecule has 0 aliphatic rings. The zero-order valence-corrected chi connectivity index (χ0v) is 6.61. The number of hydrogen-bond acceptors (Lipinski definition) is 5. The Morgan fingerprint density at radius 2 is 2.58 bits per heavy atom. The lowest BCUT2D eigenvalue weighted by atomic mass is 10.5. The third-order valence-electron chi connectivity index (χ3n) is 1.16. The molecule has 0 aliphatic carbocycles. The minimum Gasteiger partial charge on any atom is -0.459 e. The second-order valence-corrected chi connectivity index (χ2v) is 2.02. The number of rotatable bonds is 3. The topological polar surface area (TPSA) is 72.6 Å². The number of ether oxygens (including phenoxy) is 1. The van der Waals surface area contributed by atoms with Crippen LogP contribution in [0.5, 0.6) is 0 Å². The predicted molar refractivity (Wildman–Crippen MR) is 38.4 cm³/mol. The van der Waals surface area contributed by atoms with Gasteiger partial charge in [0.2, 0.25) is 0 Å². The van der Waals surface area contributed by atoms with Crippen molar-refractivity contribution in [2.75, 3.05) is 6.61 Å². The summed E-state index contributed by atoms with van der Waals surface area (Å²) in [4.78, 5) is 14.6. The van der Waals surface area contributed by atoms with Gasteiger partial charge in [0.15, 0.2) is 0 Å². The van der Waals surface area contributed by atoms with Crippen molar-refractivity contribution in [3.8, 4) is 0 Å². The van der Waals surface area contributed by atoms with Crippen LogP contribution in [0.1, 0.15) is 23.3 Å². The average molecular weight is 171 g/mol. The second-order valence-electron chi connectivity index (χ2n) is 2.02. The summed E-state index contributed by atoms with van der Waals surface area (Å²) in [5.41, 5.74) is 0.318. The van der Waals surface area contributed by atoms with Crippen LogP contribution in [0.25, 0.3) is 0 Å². The SMILES string of the molecule is CCOC(=O)c1nc(CO)co1. The molecule has 0 radical (unpaired) electrons. The number of carbonyl (C=O) groups is 1. The van der Waals surface area contributed by atoms with Gasteiger partial charge in [-0.25, -0.2) is 9.78 Å². The van der Waals surface area contributed by atoms with E-state index >= 15 is 0 Å². The van der Waals surface area contributed by atoms with E-state index in [0.29, 0.717) is 5.69 Å². The van der Waals surface area contributed by atoms with Crippen molar-refractivity contribution in [3.05, 3.63) is 17.8 Å². The highest BCUT2D eigenvalue weighted by atomic mass is 16.5. The number of carbonyl (C=O) groups excluding carboxylic acids is 1. The number of oxazole rings is 1. The highest BCUT2D eigenvalue weighted by Crippen LogP contribution is 2.03. The van der Waals surface area contributed by atoms with Crippen molar-refractivity contribution in [1.82, 2.24) is 4.98 Å². The maximum atomic E-state index is 10.9. The lowest BCUT2D eigenvalue weighted by Crippen LogP contribution is -2.04. The fraction of sp³-hybridized carbons (Fsp3) is 0.429. The van der Waals surface area contributed by atoms with E-state index < -0.39 is 5.97 Å². The molecule has 0 bridgehead atoms. The Labute approximate surface area is 69.0 Å². The van der Waals surface area contributed by atoms with Crippen LogP contribution in [-0.4, -0.2) is 22.7 Å². The average Bonchev–Trinajstić information content (AvgIpc) is 2.52. The zero-order valence-electron chi connectivity index (χ0n) is 6.61. The summed E-state index contributed by atoms with van der Waals surface area (Å²) in [5, 5.41) is 8.59. The lowest BCUT2D eigenvalue weighted by molar-refractivity contribution is 0.0480. The highest BCUT2D eigenvalue weighted by molar-refractivity contribution is 5.84. The van der Waals surface area contributed by atoms with E-state index in [1.54, 1.807) is 6.92 Å². The molecule has 66 valence electrons. The third-order valence-corrected chi connectivity index (χ3v) is 1.16. The van der Waals surface area contributed by atoms with Gasteiger partial charge < -0.3 is 14.3 Å². The molecule has 0 aliphatic heterocycles. The van der Waals surface area contributed by atoms with Gasteiger partial charge in [0.05, 0.1) is 13.2 Å². The van der Waals surface area contributed by atoms with Crippen LogP contribution in [0.2, 0.25) is 0 Å². The summed E-state index contributed by atoms with van der Waals surface area (Å²) in [7, 11) is 0. The van der Waals surface area contributed by atoms with E-state index in [-0.39, 0.29) is 19.1 Å². The first-order valence-corrected chi connectivity index (χ1v) is 3.50. The normalized spacial score (nSPS) is 9.83. The van der Waals surface area contributed by atoms with E-state index in [2.05, 4.69) is 9.72 Å². The van der Waals surface area contributed by atoms with Crippen LogP contribution in [0.3, 0.4) is 0 Å². The maximum absolute atomic E-state index is 10.9. The number of esters is 1. The van der Waals surface area contributed by atoms with Gasteiger partial charge in [-0.1, -0.05) is 0 Å². The molecule has 12 heavy (non-hydrogen) atoms. The molecule has 1 aromatic heterocycles. The molecule has 0 aromatic carbocycles. The summed E-state index contributed by atoms with van der Waals surface area (Å²) >= 11 is 0. The molecule has 1 aromatic rings. The van der Waals surface area contributed by atoms with Crippen molar-refractivity contribution in [1.29, 1.82) is 0 Å². The first-order chi connectivity index (χ1) is 5.77. The van der Waals surface area contributed by atoms with Crippen LogP contribution in [-0.2, 0) is 11.3 Å². The molecule has 5 heteroatoms. The third kappa shape index (κ3) is 1.82. The first kappa shape index (κ1) is 8.73. The number of nitrogens with zero attached hydrogens (tertiary/aromatic N) is 1. The zero-order chi connectivity index (χ0) is 8.97. The van der Waals surface area contributed by atoms with Gasteiger partial charge in [-0.2, -0.15) is 0 Å². The molecule has 0 atom stereocenters. The van der Waals surface area contributed by atoms with Crippen LogP contribution in [0.4, 0.5) is 0 Å². The quantitative estimate of drug-likeness (QED) is 0.664. The molecule has 1 rings (SSSR count). The monoisotopic (exact) mass is 171 g/mol. The van der Waals surface area contributed by atoms with Gasteiger partial charge in [0.1, 0.15) is 12.0 Å². The Morgan fingerprint density at radius 3 is 3.08 bits per heavy atom. The molecule has 0 amide bonds. The molecule has 0 fully saturated rings. The molecule has 5 nitrogen and oxygen atoms in total. The van der Waals surface area contributed by atoms with Gasteiger partial charge in [0.25, 0.3) is 0 Å². The molecular formula is C7H9NO4. The van der Waals surface area contributed by atoms with Gasteiger partial charge >= 0.3 is 11.9 Å². The van der Waals surface area contributed by atoms with E-state index in [0.717, 1.165) is 0 Å². The summed E-state index contributed by atoms with van der Waals surface area (Å²) in [6.07, 6.45) is 1.21. The first-order valence-electron chi connectivity index (χ1n) is 3.50. The Hall–Kier alpha value is -1.36. The summed E-state index contributed by atoms with van der Waals surface area (Å²) in [6, 6.07) is 0. The van der Waals surface area contributed by atoms with Crippen molar-refractivity contribution in [2.24, 2.45) is 0 Å². The smallest absolute Gasteiger partial charge is 0.394 e. The van der Waals surface area contributed by atoms with Crippen LogP contribution in [0, 0.1) is 0 Å². The highest BCUT2D eigenvalue weighted by Gasteiger charge is 2.13. The van der Waals surface area contributed by atoms with Crippen LogP contribution in [0.15, 0.2) is 10.7 Å². The Balaban J connectivity index is 2.68.